The number of benzene rings is 1. The molecule has 0 spiro atoms. The van der Waals surface area contributed by atoms with Gasteiger partial charge in [-0.3, -0.25) is 4.79 Å². The number of carbonyl (C=O) groups excluding carboxylic acids is 1. The van der Waals surface area contributed by atoms with Gasteiger partial charge in [-0.1, -0.05) is 6.07 Å². The summed E-state index contributed by atoms with van der Waals surface area (Å²) in [5.41, 5.74) is 0.859. The second kappa shape index (κ2) is 5.19. The number of phenolic OH excluding ortho intramolecular Hbond substituents is 1. The molecule has 106 valence electrons. The molecule has 0 bridgehead atoms. The molecule has 2 aliphatic rings. The molecule has 1 saturated heterocycles. The Morgan fingerprint density at radius 1 is 1.40 bits per heavy atom. The smallest absolute Gasteiger partial charge is 0.160 e. The lowest BCUT2D eigenvalue weighted by Crippen LogP contribution is -2.29. The van der Waals surface area contributed by atoms with Gasteiger partial charge >= 0.3 is 0 Å². The molecule has 1 heterocycles. The summed E-state index contributed by atoms with van der Waals surface area (Å²) in [5, 5.41) is 9.63. The lowest BCUT2D eigenvalue weighted by molar-refractivity contribution is -0.130. The van der Waals surface area contributed by atoms with Gasteiger partial charge in [0, 0.05) is 6.42 Å². The third-order valence-electron chi connectivity index (χ3n) is 4.02. The molecular formula is C16H18O4. The number of carbonyl (C=O) groups is 1. The number of phenols is 1. The van der Waals surface area contributed by atoms with Crippen LogP contribution in [0.15, 0.2) is 30.0 Å². The van der Waals surface area contributed by atoms with Crippen LogP contribution in [0.25, 0.3) is 0 Å². The molecule has 0 amide bonds. The second-order valence-electron chi connectivity index (χ2n) is 5.30. The maximum Gasteiger partial charge on any atom is 0.160 e. The minimum Gasteiger partial charge on any atom is -0.504 e. The Kier molecular flexibility index (Phi) is 3.38. The zero-order valence-electron chi connectivity index (χ0n) is 11.5. The summed E-state index contributed by atoms with van der Waals surface area (Å²) in [5.74, 6) is 1.52. The van der Waals surface area contributed by atoms with E-state index in [0.717, 1.165) is 30.6 Å². The molecule has 4 heteroatoms. The standard InChI is InChI=1S/C16H18O4/c1-19-16-8-10(6-7-12(16)17)15-9-13(18)11-4-2-3-5-14(11)20-15/h5-8,11,15,17H,2-4,9H2,1H3. The Balaban J connectivity index is 1.88. The molecule has 0 saturated carbocycles. The number of rotatable bonds is 2. The molecule has 3 rings (SSSR count). The van der Waals surface area contributed by atoms with Crippen LogP contribution in [0.3, 0.4) is 0 Å². The Morgan fingerprint density at radius 3 is 3.05 bits per heavy atom. The van der Waals surface area contributed by atoms with E-state index in [9.17, 15) is 9.90 Å². The molecule has 1 aliphatic heterocycles. The van der Waals surface area contributed by atoms with Gasteiger partial charge in [-0.05, 0) is 43.0 Å². The molecule has 4 nitrogen and oxygen atoms in total. The lowest BCUT2D eigenvalue weighted by Gasteiger charge is -2.33. The van der Waals surface area contributed by atoms with Gasteiger partial charge < -0.3 is 14.6 Å². The summed E-state index contributed by atoms with van der Waals surface area (Å²) < 4.78 is 11.1. The summed E-state index contributed by atoms with van der Waals surface area (Å²) in [6, 6.07) is 5.08. The third-order valence-corrected chi connectivity index (χ3v) is 4.02. The number of Topliss-reactive ketones (excluding diaryl/α,β-unsaturated/α-hetero) is 1. The topological polar surface area (TPSA) is 55.8 Å². The first-order valence-corrected chi connectivity index (χ1v) is 6.95. The van der Waals surface area contributed by atoms with Crippen LogP contribution in [0.5, 0.6) is 11.5 Å². The van der Waals surface area contributed by atoms with E-state index in [-0.39, 0.29) is 23.6 Å². The average Bonchev–Trinajstić information content (AvgIpc) is 2.47. The number of allylic oxidation sites excluding steroid dienone is 2. The predicted octanol–water partition coefficient (Wildman–Crippen LogP) is 3.12. The largest absolute Gasteiger partial charge is 0.504 e. The average molecular weight is 274 g/mol. The minimum absolute atomic E-state index is 0.0426. The van der Waals surface area contributed by atoms with E-state index in [1.165, 1.54) is 7.11 Å². The van der Waals surface area contributed by atoms with Gasteiger partial charge in [0.25, 0.3) is 0 Å². The molecule has 2 atom stereocenters. The van der Waals surface area contributed by atoms with Gasteiger partial charge in [0.2, 0.25) is 0 Å². The molecule has 1 fully saturated rings. The Bertz CT molecular complexity index is 562. The van der Waals surface area contributed by atoms with Crippen LogP contribution < -0.4 is 4.74 Å². The first-order valence-electron chi connectivity index (χ1n) is 6.95. The molecule has 1 aliphatic carbocycles. The van der Waals surface area contributed by atoms with Gasteiger partial charge in [0.1, 0.15) is 17.6 Å². The fourth-order valence-corrected chi connectivity index (χ4v) is 2.91. The Labute approximate surface area is 118 Å². The van der Waals surface area contributed by atoms with Gasteiger partial charge in [-0.15, -0.1) is 0 Å². The van der Waals surface area contributed by atoms with Gasteiger partial charge in [0.15, 0.2) is 11.5 Å². The summed E-state index contributed by atoms with van der Waals surface area (Å²) in [7, 11) is 1.51. The second-order valence-corrected chi connectivity index (χ2v) is 5.30. The van der Waals surface area contributed by atoms with Crippen molar-refractivity contribution in [1.82, 2.24) is 0 Å². The van der Waals surface area contributed by atoms with E-state index in [0.29, 0.717) is 12.2 Å². The maximum absolute atomic E-state index is 12.2. The highest BCUT2D eigenvalue weighted by Gasteiger charge is 2.35. The fourth-order valence-electron chi connectivity index (χ4n) is 2.91. The monoisotopic (exact) mass is 274 g/mol. The van der Waals surface area contributed by atoms with E-state index in [1.807, 2.05) is 6.08 Å². The van der Waals surface area contributed by atoms with Gasteiger partial charge in [-0.2, -0.15) is 0 Å². The van der Waals surface area contributed by atoms with Crippen molar-refractivity contribution >= 4 is 5.78 Å². The number of ketones is 1. The molecule has 0 aromatic heterocycles. The van der Waals surface area contributed by atoms with Crippen molar-refractivity contribution < 1.29 is 19.4 Å². The van der Waals surface area contributed by atoms with Crippen LogP contribution in [0.4, 0.5) is 0 Å². The lowest BCUT2D eigenvalue weighted by atomic mass is 9.84. The molecule has 0 radical (unpaired) electrons. The number of ether oxygens (including phenoxy) is 2. The minimum atomic E-state index is -0.280. The SMILES string of the molecule is COc1cc(C2CC(=O)C3CCCC=C3O2)ccc1O. The van der Waals surface area contributed by atoms with E-state index in [4.69, 9.17) is 9.47 Å². The fraction of sp³-hybridized carbons (Fsp3) is 0.438. The predicted molar refractivity (Wildman–Crippen MR) is 73.5 cm³/mol. The molecule has 1 aromatic carbocycles. The van der Waals surface area contributed by atoms with Gasteiger partial charge in [-0.25, -0.2) is 0 Å². The van der Waals surface area contributed by atoms with Crippen molar-refractivity contribution in [3.05, 3.63) is 35.6 Å². The van der Waals surface area contributed by atoms with Crippen LogP contribution in [0, 0.1) is 5.92 Å². The summed E-state index contributed by atoms with van der Waals surface area (Å²) in [6.45, 7) is 0. The number of methoxy groups -OCH3 is 1. The van der Waals surface area contributed by atoms with E-state index >= 15 is 0 Å². The van der Waals surface area contributed by atoms with Crippen molar-refractivity contribution in [2.24, 2.45) is 5.92 Å². The third kappa shape index (κ3) is 2.26. The Hall–Kier alpha value is -1.97. The van der Waals surface area contributed by atoms with Crippen LogP contribution in [-0.4, -0.2) is 18.0 Å². The normalized spacial score (nSPS) is 25.4. The highest BCUT2D eigenvalue weighted by molar-refractivity contribution is 5.85. The van der Waals surface area contributed by atoms with E-state index in [1.54, 1.807) is 18.2 Å². The molecular weight excluding hydrogens is 256 g/mol. The van der Waals surface area contributed by atoms with Crippen molar-refractivity contribution in [1.29, 1.82) is 0 Å². The summed E-state index contributed by atoms with van der Waals surface area (Å²) in [6.07, 6.45) is 5.07. The van der Waals surface area contributed by atoms with Crippen LogP contribution >= 0.6 is 0 Å². The molecule has 1 N–H and O–H groups in total. The zero-order valence-corrected chi connectivity index (χ0v) is 11.5. The number of aromatic hydroxyl groups is 1. The van der Waals surface area contributed by atoms with Gasteiger partial charge in [0.05, 0.1) is 13.0 Å². The zero-order chi connectivity index (χ0) is 14.1. The number of fused-ring (bicyclic) bond motifs is 1. The molecule has 20 heavy (non-hydrogen) atoms. The van der Waals surface area contributed by atoms with E-state index in [2.05, 4.69) is 0 Å². The van der Waals surface area contributed by atoms with Crippen molar-refractivity contribution in [3.8, 4) is 11.5 Å². The van der Waals surface area contributed by atoms with Crippen molar-refractivity contribution in [3.63, 3.8) is 0 Å². The highest BCUT2D eigenvalue weighted by Crippen LogP contribution is 2.40. The van der Waals surface area contributed by atoms with Crippen molar-refractivity contribution in [2.45, 2.75) is 31.8 Å². The summed E-state index contributed by atoms with van der Waals surface area (Å²) >= 11 is 0. The van der Waals surface area contributed by atoms with Crippen LogP contribution in [0.2, 0.25) is 0 Å². The van der Waals surface area contributed by atoms with Crippen LogP contribution in [0.1, 0.15) is 37.4 Å². The Morgan fingerprint density at radius 2 is 2.25 bits per heavy atom. The summed E-state index contributed by atoms with van der Waals surface area (Å²) in [4.78, 5) is 12.2. The first kappa shape index (κ1) is 13.0. The quantitative estimate of drug-likeness (QED) is 0.900. The van der Waals surface area contributed by atoms with E-state index < -0.39 is 0 Å². The van der Waals surface area contributed by atoms with Crippen molar-refractivity contribution in [2.75, 3.05) is 7.11 Å². The van der Waals surface area contributed by atoms with Crippen LogP contribution in [-0.2, 0) is 9.53 Å². The highest BCUT2D eigenvalue weighted by atomic mass is 16.5. The first-order chi connectivity index (χ1) is 9.69. The number of hydrogen-bond acceptors (Lipinski definition) is 4. The molecule has 1 aromatic rings. The maximum atomic E-state index is 12.2. The molecule has 2 unspecified atom stereocenters. The number of hydrogen-bond donors (Lipinski definition) is 1.